The maximum Gasteiger partial charge on any atom is 0.293 e. The Kier molecular flexibility index (Phi) is 6.08. The highest BCUT2D eigenvalue weighted by atomic mass is 35.5. The molecule has 2 aromatic rings. The lowest BCUT2D eigenvalue weighted by Gasteiger charge is -2.08. The van der Waals surface area contributed by atoms with Gasteiger partial charge in [0.25, 0.3) is 10.9 Å². The number of anilines is 1. The molecule has 0 spiro atoms. The number of nitrogens with zero attached hydrogens (tertiary/aromatic N) is 1. The molecule has 0 atom stereocenters. The second-order valence-electron chi connectivity index (χ2n) is 4.73. The second-order valence-corrected chi connectivity index (χ2v) is 5.07. The van der Waals surface area contributed by atoms with Crippen LogP contribution < -0.4 is 5.32 Å². The number of halogens is 1. The van der Waals surface area contributed by atoms with Crippen molar-refractivity contribution in [3.63, 3.8) is 0 Å². The van der Waals surface area contributed by atoms with Crippen LogP contribution in [-0.2, 0) is 11.3 Å². The van der Waals surface area contributed by atoms with Crippen molar-refractivity contribution in [3.8, 4) is 0 Å². The molecule has 2 aromatic carbocycles. The van der Waals surface area contributed by atoms with Crippen molar-refractivity contribution >= 4 is 28.2 Å². The summed E-state index contributed by atoms with van der Waals surface area (Å²) in [4.78, 5) is 21.6. The smallest absolute Gasteiger partial charge is 0.293 e. The molecule has 0 aliphatic heterocycles. The fourth-order valence-electron chi connectivity index (χ4n) is 1.98. The van der Waals surface area contributed by atoms with Crippen molar-refractivity contribution in [1.29, 1.82) is 0 Å². The lowest BCUT2D eigenvalue weighted by atomic mass is 10.2. The van der Waals surface area contributed by atoms with Crippen LogP contribution in [0.2, 0.25) is 0 Å². The summed E-state index contributed by atoms with van der Waals surface area (Å²) >= 11 is 5.33. The summed E-state index contributed by atoms with van der Waals surface area (Å²) in [7, 11) is 0. The number of ether oxygens (including phenoxy) is 1. The molecular formula is C16H15ClN2O4. The number of nitro benzene ring substituents is 1. The standard InChI is InChI=1S/C16H15ClN2O4/c17-16(20)13-6-7-14(15(10-13)19(21)22)18-8-9-23-11-12-4-2-1-3-5-12/h1-7,10,18H,8-9,11H2. The van der Waals surface area contributed by atoms with Crippen LogP contribution in [0.5, 0.6) is 0 Å². The van der Waals surface area contributed by atoms with E-state index in [0.717, 1.165) is 11.6 Å². The van der Waals surface area contributed by atoms with Crippen molar-refractivity contribution < 1.29 is 14.5 Å². The molecule has 0 unspecified atom stereocenters. The van der Waals surface area contributed by atoms with Crippen LogP contribution in [-0.4, -0.2) is 23.3 Å². The first kappa shape index (κ1) is 16.9. The van der Waals surface area contributed by atoms with Crippen molar-refractivity contribution in [2.75, 3.05) is 18.5 Å². The summed E-state index contributed by atoms with van der Waals surface area (Å²) in [6, 6.07) is 13.8. The van der Waals surface area contributed by atoms with Gasteiger partial charge in [0.15, 0.2) is 0 Å². The average molecular weight is 335 g/mol. The normalized spacial score (nSPS) is 10.3. The maximum absolute atomic E-state index is 11.1. The van der Waals surface area contributed by atoms with E-state index in [1.54, 1.807) is 0 Å². The Hall–Kier alpha value is -2.44. The van der Waals surface area contributed by atoms with E-state index in [2.05, 4.69) is 5.32 Å². The van der Waals surface area contributed by atoms with E-state index in [1.165, 1.54) is 12.1 Å². The summed E-state index contributed by atoms with van der Waals surface area (Å²) < 4.78 is 5.50. The van der Waals surface area contributed by atoms with Gasteiger partial charge in [-0.1, -0.05) is 30.3 Å². The molecule has 0 amide bonds. The van der Waals surface area contributed by atoms with Crippen LogP contribution in [0.1, 0.15) is 15.9 Å². The highest BCUT2D eigenvalue weighted by Crippen LogP contribution is 2.26. The van der Waals surface area contributed by atoms with Crippen LogP contribution >= 0.6 is 11.6 Å². The van der Waals surface area contributed by atoms with Gasteiger partial charge in [0, 0.05) is 18.2 Å². The van der Waals surface area contributed by atoms with Gasteiger partial charge in [0.2, 0.25) is 0 Å². The molecule has 120 valence electrons. The Morgan fingerprint density at radius 2 is 1.96 bits per heavy atom. The van der Waals surface area contributed by atoms with Gasteiger partial charge in [-0.15, -0.1) is 0 Å². The number of hydrogen-bond acceptors (Lipinski definition) is 5. The van der Waals surface area contributed by atoms with Crippen LogP contribution in [0.25, 0.3) is 0 Å². The first-order chi connectivity index (χ1) is 11.1. The van der Waals surface area contributed by atoms with E-state index >= 15 is 0 Å². The van der Waals surface area contributed by atoms with Gasteiger partial charge in [-0.3, -0.25) is 14.9 Å². The lowest BCUT2D eigenvalue weighted by molar-refractivity contribution is -0.384. The largest absolute Gasteiger partial charge is 0.377 e. The van der Waals surface area contributed by atoms with Crippen molar-refractivity contribution in [2.24, 2.45) is 0 Å². The molecule has 2 rings (SSSR count). The zero-order valence-electron chi connectivity index (χ0n) is 12.2. The van der Waals surface area contributed by atoms with E-state index in [9.17, 15) is 14.9 Å². The summed E-state index contributed by atoms with van der Waals surface area (Å²) in [5.74, 6) is 0. The maximum atomic E-state index is 11.1. The Morgan fingerprint density at radius 1 is 1.22 bits per heavy atom. The molecule has 0 saturated carbocycles. The second kappa shape index (κ2) is 8.26. The molecule has 0 bridgehead atoms. The molecule has 0 heterocycles. The molecule has 0 aliphatic rings. The van der Waals surface area contributed by atoms with E-state index in [4.69, 9.17) is 16.3 Å². The number of carbonyl (C=O) groups is 1. The molecular weight excluding hydrogens is 320 g/mol. The molecule has 0 aromatic heterocycles. The van der Waals surface area contributed by atoms with Crippen LogP contribution in [0, 0.1) is 10.1 Å². The average Bonchev–Trinajstić information content (AvgIpc) is 2.55. The quantitative estimate of drug-likeness (QED) is 0.345. The summed E-state index contributed by atoms with van der Waals surface area (Å²) in [6.45, 7) is 1.27. The van der Waals surface area contributed by atoms with E-state index in [0.29, 0.717) is 25.4 Å². The Labute approximate surface area is 138 Å². The summed E-state index contributed by atoms with van der Waals surface area (Å²) in [6.07, 6.45) is 0. The zero-order chi connectivity index (χ0) is 16.7. The van der Waals surface area contributed by atoms with Gasteiger partial charge in [-0.05, 0) is 29.3 Å². The molecule has 0 fully saturated rings. The Balaban J connectivity index is 1.87. The third-order valence-corrected chi connectivity index (χ3v) is 3.31. The molecule has 0 saturated heterocycles. The number of hydrogen-bond donors (Lipinski definition) is 1. The molecule has 7 heteroatoms. The minimum Gasteiger partial charge on any atom is -0.377 e. The molecule has 0 radical (unpaired) electrons. The first-order valence-electron chi connectivity index (χ1n) is 6.92. The van der Waals surface area contributed by atoms with E-state index in [-0.39, 0.29) is 11.3 Å². The molecule has 23 heavy (non-hydrogen) atoms. The Morgan fingerprint density at radius 3 is 2.61 bits per heavy atom. The number of rotatable bonds is 8. The minimum absolute atomic E-state index is 0.0873. The highest BCUT2D eigenvalue weighted by molar-refractivity contribution is 6.67. The Bertz CT molecular complexity index is 692. The summed E-state index contributed by atoms with van der Waals surface area (Å²) in [5, 5.41) is 13.2. The monoisotopic (exact) mass is 334 g/mol. The van der Waals surface area contributed by atoms with Gasteiger partial charge in [0.1, 0.15) is 5.69 Å². The first-order valence-corrected chi connectivity index (χ1v) is 7.29. The number of nitrogens with one attached hydrogen (secondary N) is 1. The van der Waals surface area contributed by atoms with E-state index < -0.39 is 10.2 Å². The SMILES string of the molecule is O=C(Cl)c1ccc(NCCOCc2ccccc2)c([N+](=O)[O-])c1. The van der Waals surface area contributed by atoms with Crippen LogP contribution in [0.3, 0.4) is 0 Å². The fourth-order valence-corrected chi connectivity index (χ4v) is 2.09. The number of benzene rings is 2. The van der Waals surface area contributed by atoms with Crippen molar-refractivity contribution in [1.82, 2.24) is 0 Å². The predicted molar refractivity (Wildman–Crippen MR) is 87.9 cm³/mol. The topological polar surface area (TPSA) is 81.5 Å². The summed E-state index contributed by atoms with van der Waals surface area (Å²) in [5.41, 5.74) is 1.27. The van der Waals surface area contributed by atoms with Crippen LogP contribution in [0.4, 0.5) is 11.4 Å². The number of carbonyl (C=O) groups excluding carboxylic acids is 1. The number of nitro groups is 1. The minimum atomic E-state index is -0.731. The third kappa shape index (κ3) is 5.05. The zero-order valence-corrected chi connectivity index (χ0v) is 13.0. The van der Waals surface area contributed by atoms with Gasteiger partial charge in [-0.25, -0.2) is 0 Å². The van der Waals surface area contributed by atoms with Gasteiger partial charge >= 0.3 is 0 Å². The van der Waals surface area contributed by atoms with E-state index in [1.807, 2.05) is 30.3 Å². The predicted octanol–water partition coefficient (Wildman–Crippen LogP) is 3.60. The fraction of sp³-hybridized carbons (Fsp3) is 0.188. The van der Waals surface area contributed by atoms with Crippen LogP contribution in [0.15, 0.2) is 48.5 Å². The molecule has 6 nitrogen and oxygen atoms in total. The molecule has 1 N–H and O–H groups in total. The van der Waals surface area contributed by atoms with Gasteiger partial charge in [0.05, 0.1) is 18.1 Å². The van der Waals surface area contributed by atoms with Gasteiger partial charge in [-0.2, -0.15) is 0 Å². The van der Waals surface area contributed by atoms with Crippen molar-refractivity contribution in [2.45, 2.75) is 6.61 Å². The van der Waals surface area contributed by atoms with Crippen molar-refractivity contribution in [3.05, 3.63) is 69.8 Å². The van der Waals surface area contributed by atoms with Gasteiger partial charge < -0.3 is 10.1 Å². The molecule has 0 aliphatic carbocycles. The highest BCUT2D eigenvalue weighted by Gasteiger charge is 2.16. The third-order valence-electron chi connectivity index (χ3n) is 3.09. The lowest BCUT2D eigenvalue weighted by Crippen LogP contribution is -2.11.